The molecule has 1 aromatic carbocycles. The Balaban J connectivity index is 1.42. The Kier molecular flexibility index (Phi) is 7.68. The van der Waals surface area contributed by atoms with Crippen molar-refractivity contribution in [2.24, 2.45) is 5.92 Å². The lowest BCUT2D eigenvalue weighted by atomic mass is 9.85. The van der Waals surface area contributed by atoms with E-state index in [0.29, 0.717) is 31.7 Å². The van der Waals surface area contributed by atoms with E-state index in [4.69, 9.17) is 0 Å². The van der Waals surface area contributed by atoms with E-state index in [-0.39, 0.29) is 13.0 Å². The van der Waals surface area contributed by atoms with Crippen LogP contribution < -0.4 is 16.4 Å². The normalized spacial score (nSPS) is 17.8. The first-order chi connectivity index (χ1) is 20.1. The summed E-state index contributed by atoms with van der Waals surface area (Å²) in [6.07, 6.45) is -5.89. The summed E-state index contributed by atoms with van der Waals surface area (Å²) in [6.45, 7) is -0.186. The Morgan fingerprint density at radius 1 is 0.953 bits per heavy atom. The maximum atomic E-state index is 15.2. The van der Waals surface area contributed by atoms with Gasteiger partial charge in [-0.3, -0.25) is 9.59 Å². The van der Waals surface area contributed by atoms with Crippen molar-refractivity contribution in [3.63, 3.8) is 0 Å². The second-order valence-electron chi connectivity index (χ2n) is 10.1. The van der Waals surface area contributed by atoms with Crippen molar-refractivity contribution in [1.29, 1.82) is 0 Å². The zero-order chi connectivity index (χ0) is 31.3. The van der Waals surface area contributed by atoms with Crippen LogP contribution in [0.5, 0.6) is 0 Å². The molecule has 228 valence electrons. The van der Waals surface area contributed by atoms with E-state index in [9.17, 15) is 40.3 Å². The fourth-order valence-corrected chi connectivity index (χ4v) is 5.22. The van der Waals surface area contributed by atoms with Gasteiger partial charge in [0.05, 0.1) is 28.4 Å². The number of hydrogen-bond donors (Lipinski definition) is 2. The first kappa shape index (κ1) is 30.0. The van der Waals surface area contributed by atoms with Crippen molar-refractivity contribution >= 4 is 16.5 Å². The number of pyridine rings is 1. The first-order valence-electron chi connectivity index (χ1n) is 12.7. The monoisotopic (exact) mass is 618 g/mol. The quantitative estimate of drug-likeness (QED) is 0.280. The molecule has 3 heterocycles. The minimum absolute atomic E-state index is 0.186. The van der Waals surface area contributed by atoms with E-state index >= 15 is 8.78 Å². The van der Waals surface area contributed by atoms with Gasteiger partial charge in [-0.05, 0) is 31.2 Å². The SMILES string of the molecule is O=c1[nH]ncc(N[C@H]2CCC[C@@H](Cn3cc(F)c4cc(-c5ncc(C(F)(F)F)cn5)c(F)c(F)c4c3=O)C2)c1C(F)(F)F. The van der Waals surface area contributed by atoms with Gasteiger partial charge < -0.3 is 9.88 Å². The summed E-state index contributed by atoms with van der Waals surface area (Å²) in [4.78, 5) is 31.7. The average Bonchev–Trinajstić information content (AvgIpc) is 2.92. The van der Waals surface area contributed by atoms with Gasteiger partial charge in [0.2, 0.25) is 0 Å². The van der Waals surface area contributed by atoms with Gasteiger partial charge in [0.15, 0.2) is 17.5 Å². The minimum atomic E-state index is -4.96. The van der Waals surface area contributed by atoms with E-state index in [1.165, 1.54) is 0 Å². The van der Waals surface area contributed by atoms with Gasteiger partial charge in [0.1, 0.15) is 11.4 Å². The van der Waals surface area contributed by atoms with Crippen LogP contribution in [0, 0.1) is 23.4 Å². The summed E-state index contributed by atoms with van der Waals surface area (Å²) >= 11 is 0. The number of anilines is 1. The number of nitrogens with zero attached hydrogens (tertiary/aromatic N) is 4. The van der Waals surface area contributed by atoms with Crippen molar-refractivity contribution < 1.29 is 39.5 Å². The van der Waals surface area contributed by atoms with Gasteiger partial charge in [0, 0.05) is 36.6 Å². The van der Waals surface area contributed by atoms with Crippen LogP contribution in [0.15, 0.2) is 40.4 Å². The Bertz CT molecular complexity index is 1800. The number of nitrogens with one attached hydrogen (secondary N) is 2. The number of benzene rings is 1. The molecule has 2 atom stereocenters. The second-order valence-corrected chi connectivity index (χ2v) is 10.1. The Morgan fingerprint density at radius 3 is 2.30 bits per heavy atom. The summed E-state index contributed by atoms with van der Waals surface area (Å²) in [5, 5.41) is 6.22. The van der Waals surface area contributed by atoms with Gasteiger partial charge in [0.25, 0.3) is 11.1 Å². The molecule has 1 aliphatic carbocycles. The van der Waals surface area contributed by atoms with Crippen molar-refractivity contribution in [2.75, 3.05) is 5.32 Å². The second kappa shape index (κ2) is 11.0. The van der Waals surface area contributed by atoms with Gasteiger partial charge in [-0.1, -0.05) is 6.42 Å². The van der Waals surface area contributed by atoms with E-state index < -0.39 is 91.9 Å². The van der Waals surface area contributed by atoms with Gasteiger partial charge in [-0.2, -0.15) is 31.4 Å². The molecule has 1 fully saturated rings. The smallest absolute Gasteiger partial charge is 0.380 e. The number of aromatic nitrogens is 5. The lowest BCUT2D eigenvalue weighted by Gasteiger charge is -2.31. The molecule has 3 aromatic heterocycles. The van der Waals surface area contributed by atoms with Gasteiger partial charge in [-0.15, -0.1) is 0 Å². The number of aromatic amines is 1. The number of alkyl halides is 6. The Morgan fingerprint density at radius 2 is 1.65 bits per heavy atom. The summed E-state index contributed by atoms with van der Waals surface area (Å²) in [5.74, 6) is -5.64. The largest absolute Gasteiger partial charge is 0.423 e. The predicted molar refractivity (Wildman–Crippen MR) is 133 cm³/mol. The maximum Gasteiger partial charge on any atom is 0.423 e. The zero-order valence-electron chi connectivity index (χ0n) is 21.6. The highest BCUT2D eigenvalue weighted by atomic mass is 19.4. The molecule has 1 aliphatic rings. The molecule has 8 nitrogen and oxygen atoms in total. The molecule has 17 heteroatoms. The molecule has 0 amide bonds. The van der Waals surface area contributed by atoms with E-state index in [0.717, 1.165) is 23.0 Å². The molecule has 1 saturated carbocycles. The molecule has 0 unspecified atom stereocenters. The van der Waals surface area contributed by atoms with Crippen LogP contribution in [-0.2, 0) is 18.9 Å². The Hall–Kier alpha value is -4.44. The maximum absolute atomic E-state index is 15.2. The van der Waals surface area contributed by atoms with Crippen LogP contribution in [0.1, 0.15) is 36.8 Å². The summed E-state index contributed by atoms with van der Waals surface area (Å²) in [6, 6.07) is 0.149. The fraction of sp³-hybridized carbons (Fsp3) is 0.346. The molecule has 43 heavy (non-hydrogen) atoms. The van der Waals surface area contributed by atoms with Crippen LogP contribution in [0.25, 0.3) is 22.2 Å². The Labute approximate surface area is 234 Å². The first-order valence-corrected chi connectivity index (χ1v) is 12.7. The summed E-state index contributed by atoms with van der Waals surface area (Å²) in [5.41, 5.74) is -6.51. The van der Waals surface area contributed by atoms with Crippen molar-refractivity contribution in [3.8, 4) is 11.4 Å². The van der Waals surface area contributed by atoms with Crippen LogP contribution in [0.2, 0.25) is 0 Å². The topological polar surface area (TPSA) is 106 Å². The standard InChI is InChI=1S/C26H19F9N6O2/c27-16-10-41(9-11-2-1-3-13(4-11)39-17-8-38-40-23(42)19(17)26(33,34)35)24(43)18-14(16)5-15(20(28)21(18)29)22-36-6-12(7-37-22)25(30,31)32/h5-8,10-11,13H,1-4,9H2,(H2,39,40,42)/t11-,13+/m1/s1. The fourth-order valence-electron chi connectivity index (χ4n) is 5.22. The van der Waals surface area contributed by atoms with Crippen LogP contribution in [0.4, 0.5) is 45.2 Å². The molecular weight excluding hydrogens is 599 g/mol. The summed E-state index contributed by atoms with van der Waals surface area (Å²) < 4.78 is 125. The molecule has 0 radical (unpaired) electrons. The van der Waals surface area contributed by atoms with E-state index in [1.807, 2.05) is 0 Å². The number of H-pyrrole nitrogens is 1. The highest BCUT2D eigenvalue weighted by molar-refractivity contribution is 5.87. The number of halogens is 9. The number of hydrogen-bond acceptors (Lipinski definition) is 6. The van der Waals surface area contributed by atoms with E-state index in [2.05, 4.69) is 20.4 Å². The van der Waals surface area contributed by atoms with Crippen molar-refractivity contribution in [2.45, 2.75) is 50.6 Å². The van der Waals surface area contributed by atoms with Crippen LogP contribution in [0.3, 0.4) is 0 Å². The van der Waals surface area contributed by atoms with Gasteiger partial charge in [-0.25, -0.2) is 28.2 Å². The number of fused-ring (bicyclic) bond motifs is 1. The lowest BCUT2D eigenvalue weighted by molar-refractivity contribution is -0.139. The molecule has 5 rings (SSSR count). The molecule has 0 aliphatic heterocycles. The molecular formula is C26H19F9N6O2. The lowest BCUT2D eigenvalue weighted by Crippen LogP contribution is -2.34. The van der Waals surface area contributed by atoms with E-state index in [1.54, 1.807) is 5.10 Å². The predicted octanol–water partition coefficient (Wildman–Crippen LogP) is 5.67. The third-order valence-corrected chi connectivity index (χ3v) is 7.16. The molecule has 0 saturated heterocycles. The minimum Gasteiger partial charge on any atom is -0.380 e. The van der Waals surface area contributed by atoms with Crippen LogP contribution >= 0.6 is 0 Å². The van der Waals surface area contributed by atoms with Crippen molar-refractivity contribution in [3.05, 3.63) is 80.1 Å². The number of rotatable bonds is 5. The van der Waals surface area contributed by atoms with Gasteiger partial charge >= 0.3 is 12.4 Å². The third-order valence-electron chi connectivity index (χ3n) is 7.16. The third kappa shape index (κ3) is 5.92. The molecule has 2 N–H and O–H groups in total. The highest BCUT2D eigenvalue weighted by Gasteiger charge is 2.38. The summed E-state index contributed by atoms with van der Waals surface area (Å²) in [7, 11) is 0. The molecule has 0 spiro atoms. The molecule has 0 bridgehead atoms. The molecule has 4 aromatic rings. The average molecular weight is 618 g/mol. The van der Waals surface area contributed by atoms with Crippen molar-refractivity contribution in [1.82, 2.24) is 24.7 Å². The van der Waals surface area contributed by atoms with Crippen LogP contribution in [-0.4, -0.2) is 30.8 Å². The highest BCUT2D eigenvalue weighted by Crippen LogP contribution is 2.35. The zero-order valence-corrected chi connectivity index (χ0v) is 21.6.